The van der Waals surface area contributed by atoms with Crippen molar-refractivity contribution >= 4 is 11.9 Å². The molecule has 0 spiro atoms. The van der Waals surface area contributed by atoms with Gasteiger partial charge in [-0.2, -0.15) is 0 Å². The standard InChI is InChI=1S/C14H22O4/c1-14(2)10-5-4-9(12(15)16)7-8(10)3-6-11(14)13(17)18/h8-11H,3-7H2,1-2H3,(H,15,16)(H,17,18). The number of hydrogen-bond acceptors (Lipinski definition) is 2. The fourth-order valence-electron chi connectivity index (χ4n) is 4.24. The number of carboxylic acid groups (broad SMARTS) is 2. The molecule has 0 aromatic rings. The molecular weight excluding hydrogens is 232 g/mol. The minimum atomic E-state index is -0.696. The van der Waals surface area contributed by atoms with E-state index in [0.29, 0.717) is 24.7 Å². The molecule has 4 nitrogen and oxygen atoms in total. The number of aliphatic carboxylic acids is 2. The van der Waals surface area contributed by atoms with Gasteiger partial charge in [-0.15, -0.1) is 0 Å². The number of fused-ring (bicyclic) bond motifs is 1. The number of carboxylic acids is 2. The smallest absolute Gasteiger partial charge is 0.307 e. The molecule has 2 fully saturated rings. The summed E-state index contributed by atoms with van der Waals surface area (Å²) in [6.45, 7) is 4.09. The van der Waals surface area contributed by atoms with Crippen molar-refractivity contribution in [1.82, 2.24) is 0 Å². The maximum atomic E-state index is 11.3. The Hall–Kier alpha value is -1.06. The van der Waals surface area contributed by atoms with E-state index >= 15 is 0 Å². The van der Waals surface area contributed by atoms with E-state index in [2.05, 4.69) is 0 Å². The van der Waals surface area contributed by atoms with Crippen LogP contribution in [0.25, 0.3) is 0 Å². The van der Waals surface area contributed by atoms with Crippen molar-refractivity contribution in [3.05, 3.63) is 0 Å². The van der Waals surface area contributed by atoms with Crippen LogP contribution >= 0.6 is 0 Å². The van der Waals surface area contributed by atoms with Crippen molar-refractivity contribution in [1.29, 1.82) is 0 Å². The second-order valence-electron chi connectivity index (χ2n) is 6.50. The Morgan fingerprint density at radius 3 is 2.22 bits per heavy atom. The van der Waals surface area contributed by atoms with E-state index in [-0.39, 0.29) is 17.3 Å². The molecule has 4 atom stereocenters. The second kappa shape index (κ2) is 4.56. The summed E-state index contributed by atoms with van der Waals surface area (Å²) in [6, 6.07) is 0. The average molecular weight is 254 g/mol. The highest BCUT2D eigenvalue weighted by molar-refractivity contribution is 5.71. The summed E-state index contributed by atoms with van der Waals surface area (Å²) in [5.41, 5.74) is -0.210. The maximum Gasteiger partial charge on any atom is 0.307 e. The van der Waals surface area contributed by atoms with Crippen LogP contribution in [0, 0.1) is 29.1 Å². The Labute approximate surface area is 107 Å². The zero-order valence-corrected chi connectivity index (χ0v) is 11.1. The number of carbonyl (C=O) groups is 2. The van der Waals surface area contributed by atoms with Crippen molar-refractivity contribution in [2.45, 2.75) is 46.0 Å². The molecule has 18 heavy (non-hydrogen) atoms. The van der Waals surface area contributed by atoms with Gasteiger partial charge < -0.3 is 10.2 Å². The molecule has 0 saturated heterocycles. The van der Waals surface area contributed by atoms with Crippen LogP contribution in [-0.4, -0.2) is 22.2 Å². The van der Waals surface area contributed by atoms with Crippen LogP contribution in [0.3, 0.4) is 0 Å². The number of hydrogen-bond donors (Lipinski definition) is 2. The van der Waals surface area contributed by atoms with E-state index in [1.807, 2.05) is 13.8 Å². The van der Waals surface area contributed by atoms with E-state index < -0.39 is 11.9 Å². The zero-order chi connectivity index (χ0) is 13.5. The van der Waals surface area contributed by atoms with Crippen LogP contribution in [0.1, 0.15) is 46.0 Å². The van der Waals surface area contributed by atoms with E-state index in [0.717, 1.165) is 19.3 Å². The first-order valence-corrected chi connectivity index (χ1v) is 6.79. The third-order valence-corrected chi connectivity index (χ3v) is 5.31. The van der Waals surface area contributed by atoms with Crippen molar-refractivity contribution in [3.63, 3.8) is 0 Å². The molecule has 4 heteroatoms. The summed E-state index contributed by atoms with van der Waals surface area (Å²) < 4.78 is 0. The van der Waals surface area contributed by atoms with Crippen LogP contribution < -0.4 is 0 Å². The highest BCUT2D eigenvalue weighted by atomic mass is 16.4. The lowest BCUT2D eigenvalue weighted by molar-refractivity contribution is -0.156. The van der Waals surface area contributed by atoms with Crippen LogP contribution in [0.4, 0.5) is 0 Å². The molecule has 0 radical (unpaired) electrons. The fraction of sp³-hybridized carbons (Fsp3) is 0.857. The van der Waals surface area contributed by atoms with Crippen LogP contribution in [0.15, 0.2) is 0 Å². The molecule has 0 aromatic heterocycles. The normalized spacial score (nSPS) is 38.8. The minimum Gasteiger partial charge on any atom is -0.481 e. The van der Waals surface area contributed by atoms with Gasteiger partial charge >= 0.3 is 11.9 Å². The Bertz CT molecular complexity index is 361. The Morgan fingerprint density at radius 1 is 1.00 bits per heavy atom. The van der Waals surface area contributed by atoms with Gasteiger partial charge in [0.15, 0.2) is 0 Å². The second-order valence-corrected chi connectivity index (χ2v) is 6.50. The first-order chi connectivity index (χ1) is 8.34. The molecule has 2 aliphatic carbocycles. The van der Waals surface area contributed by atoms with Crippen molar-refractivity contribution in [2.24, 2.45) is 29.1 Å². The monoisotopic (exact) mass is 254 g/mol. The van der Waals surface area contributed by atoms with Gasteiger partial charge in [0.1, 0.15) is 0 Å². The molecule has 2 N–H and O–H groups in total. The predicted octanol–water partition coefficient (Wildman–Crippen LogP) is 2.62. The lowest BCUT2D eigenvalue weighted by Crippen LogP contribution is -2.47. The van der Waals surface area contributed by atoms with Gasteiger partial charge in [-0.3, -0.25) is 9.59 Å². The van der Waals surface area contributed by atoms with E-state index in [1.54, 1.807) is 0 Å². The van der Waals surface area contributed by atoms with Crippen LogP contribution in [0.2, 0.25) is 0 Å². The van der Waals surface area contributed by atoms with E-state index in [9.17, 15) is 14.7 Å². The summed E-state index contributed by atoms with van der Waals surface area (Å²) in [5, 5.41) is 18.4. The quantitative estimate of drug-likeness (QED) is 0.794. The minimum absolute atomic E-state index is 0.210. The molecule has 2 rings (SSSR count). The van der Waals surface area contributed by atoms with Crippen LogP contribution in [-0.2, 0) is 9.59 Å². The van der Waals surface area contributed by atoms with Crippen LogP contribution in [0.5, 0.6) is 0 Å². The van der Waals surface area contributed by atoms with Gasteiger partial charge in [0.25, 0.3) is 0 Å². The first-order valence-electron chi connectivity index (χ1n) is 6.79. The molecule has 2 aliphatic rings. The molecule has 4 unspecified atom stereocenters. The molecule has 0 bridgehead atoms. The molecule has 0 amide bonds. The van der Waals surface area contributed by atoms with Gasteiger partial charge in [-0.1, -0.05) is 13.8 Å². The Kier molecular flexibility index (Phi) is 3.39. The summed E-state index contributed by atoms with van der Waals surface area (Å²) >= 11 is 0. The lowest BCUT2D eigenvalue weighted by Gasteiger charge is -2.51. The Balaban J connectivity index is 2.15. The molecular formula is C14H22O4. The van der Waals surface area contributed by atoms with Gasteiger partial charge in [0, 0.05) is 0 Å². The van der Waals surface area contributed by atoms with E-state index in [1.165, 1.54) is 0 Å². The maximum absolute atomic E-state index is 11.3. The first kappa shape index (κ1) is 13.4. The third-order valence-electron chi connectivity index (χ3n) is 5.31. The summed E-state index contributed by atoms with van der Waals surface area (Å²) in [5.74, 6) is -1.12. The van der Waals surface area contributed by atoms with Crippen molar-refractivity contribution in [3.8, 4) is 0 Å². The Morgan fingerprint density at radius 2 is 1.67 bits per heavy atom. The zero-order valence-electron chi connectivity index (χ0n) is 11.1. The summed E-state index contributed by atoms with van der Waals surface area (Å²) in [4.78, 5) is 22.4. The van der Waals surface area contributed by atoms with E-state index in [4.69, 9.17) is 5.11 Å². The number of rotatable bonds is 2. The SMILES string of the molecule is CC1(C)C(C(=O)O)CCC2CC(C(=O)O)CCC21. The van der Waals surface area contributed by atoms with Crippen molar-refractivity contribution in [2.75, 3.05) is 0 Å². The largest absolute Gasteiger partial charge is 0.481 e. The molecule has 0 heterocycles. The fourth-order valence-corrected chi connectivity index (χ4v) is 4.24. The molecule has 0 aromatic carbocycles. The predicted molar refractivity (Wildman–Crippen MR) is 66.1 cm³/mol. The van der Waals surface area contributed by atoms with Gasteiger partial charge in [0.05, 0.1) is 11.8 Å². The van der Waals surface area contributed by atoms with Gasteiger partial charge in [0.2, 0.25) is 0 Å². The lowest BCUT2D eigenvalue weighted by atomic mass is 9.53. The van der Waals surface area contributed by atoms with Gasteiger partial charge in [-0.05, 0) is 49.4 Å². The van der Waals surface area contributed by atoms with Gasteiger partial charge in [-0.25, -0.2) is 0 Å². The highest BCUT2D eigenvalue weighted by Gasteiger charge is 2.50. The molecule has 0 aliphatic heterocycles. The topological polar surface area (TPSA) is 74.6 Å². The third kappa shape index (κ3) is 2.13. The molecule has 102 valence electrons. The van der Waals surface area contributed by atoms with Crippen molar-refractivity contribution < 1.29 is 19.8 Å². The highest BCUT2D eigenvalue weighted by Crippen LogP contribution is 2.54. The summed E-state index contributed by atoms with van der Waals surface area (Å²) in [6.07, 6.45) is 3.85. The summed E-state index contributed by atoms with van der Waals surface area (Å²) in [7, 11) is 0. The molecule has 2 saturated carbocycles. The average Bonchev–Trinajstić information content (AvgIpc) is 2.27.